The number of hydrogen-bond donors (Lipinski definition) is 2. The van der Waals surface area contributed by atoms with E-state index in [0.29, 0.717) is 29.2 Å². The summed E-state index contributed by atoms with van der Waals surface area (Å²) in [6.07, 6.45) is -2.89. The lowest BCUT2D eigenvalue weighted by molar-refractivity contribution is -0.122. The number of carbonyl (C=O) groups excluding carboxylic acids is 2. The summed E-state index contributed by atoms with van der Waals surface area (Å²) < 4.78 is 45.9. The van der Waals surface area contributed by atoms with Gasteiger partial charge >= 0.3 is 12.2 Å². The number of imidazole rings is 1. The third kappa shape index (κ3) is 7.79. The molecule has 2 heterocycles. The van der Waals surface area contributed by atoms with Gasteiger partial charge in [0.25, 0.3) is 5.91 Å². The number of hydrogen-bond acceptors (Lipinski definition) is 5. The second-order valence-electron chi connectivity index (χ2n) is 11.1. The molecule has 5 aromatic rings. The van der Waals surface area contributed by atoms with Crippen LogP contribution in [0.2, 0.25) is 0 Å². The van der Waals surface area contributed by atoms with Crippen molar-refractivity contribution in [2.24, 2.45) is 0 Å². The lowest BCUT2D eigenvalue weighted by Gasteiger charge is -2.26. The van der Waals surface area contributed by atoms with Crippen molar-refractivity contribution in [3.63, 3.8) is 0 Å². The molecule has 47 heavy (non-hydrogen) atoms. The van der Waals surface area contributed by atoms with E-state index in [0.717, 1.165) is 55.0 Å². The number of nitrogens with one attached hydrogen (secondary N) is 2. The number of para-hydroxylation sites is 1. The molecule has 9 nitrogen and oxygen atoms in total. The zero-order valence-corrected chi connectivity index (χ0v) is 25.4. The molecular formula is C35H33F3N6O3. The highest BCUT2D eigenvalue weighted by Gasteiger charge is 2.29. The van der Waals surface area contributed by atoms with Crippen molar-refractivity contribution in [2.75, 3.05) is 50.8 Å². The molecule has 0 aliphatic carbocycles. The first kappa shape index (κ1) is 31.8. The SMILES string of the molecule is O=C(NCCN1CCOCC1)c1ccc(-c2ccc3c(c2)ncn3-c2cccc(N(C(=O)NCC(F)(F)F)c3ccccc3)c2)cc1. The average Bonchev–Trinajstić information content (AvgIpc) is 3.52. The molecule has 6 rings (SSSR count). The second-order valence-corrected chi connectivity index (χ2v) is 11.1. The molecule has 12 heteroatoms. The molecule has 0 saturated carbocycles. The highest BCUT2D eigenvalue weighted by Crippen LogP contribution is 2.30. The Balaban J connectivity index is 1.18. The van der Waals surface area contributed by atoms with Crippen molar-refractivity contribution in [3.05, 3.63) is 109 Å². The van der Waals surface area contributed by atoms with Gasteiger partial charge < -0.3 is 15.4 Å². The van der Waals surface area contributed by atoms with Crippen LogP contribution < -0.4 is 15.5 Å². The maximum absolute atomic E-state index is 13.0. The third-order valence-corrected chi connectivity index (χ3v) is 7.87. The summed E-state index contributed by atoms with van der Waals surface area (Å²) in [5.74, 6) is -0.120. The zero-order valence-electron chi connectivity index (χ0n) is 25.4. The standard InChI is InChI=1S/C35H33F3N6O3/c36-35(37,38)23-40-34(46)44(28-5-2-1-3-6-28)30-8-4-7-29(22-30)43-24-41-31-21-27(13-14-32(31)43)25-9-11-26(12-10-25)33(45)39-15-16-42-17-19-47-20-18-42/h1-14,21-22,24H,15-20,23H2,(H,39,45)(H,40,46). The van der Waals surface area contributed by atoms with Gasteiger partial charge in [0.2, 0.25) is 0 Å². The maximum atomic E-state index is 13.0. The first-order chi connectivity index (χ1) is 22.7. The fraction of sp³-hybridized carbons (Fsp3) is 0.229. The number of halogens is 3. The minimum absolute atomic E-state index is 0.120. The van der Waals surface area contributed by atoms with Crippen LogP contribution in [0.5, 0.6) is 0 Å². The van der Waals surface area contributed by atoms with Gasteiger partial charge in [-0.2, -0.15) is 13.2 Å². The van der Waals surface area contributed by atoms with Gasteiger partial charge in [-0.3, -0.25) is 19.2 Å². The topological polar surface area (TPSA) is 91.7 Å². The summed E-state index contributed by atoms with van der Waals surface area (Å²) in [5, 5.41) is 4.95. The van der Waals surface area contributed by atoms with E-state index in [-0.39, 0.29) is 5.91 Å². The molecule has 1 aliphatic rings. The fourth-order valence-corrected chi connectivity index (χ4v) is 5.46. The van der Waals surface area contributed by atoms with E-state index in [2.05, 4.69) is 15.2 Å². The minimum atomic E-state index is -4.55. The van der Waals surface area contributed by atoms with Crippen molar-refractivity contribution >= 4 is 34.3 Å². The van der Waals surface area contributed by atoms with E-state index in [1.807, 2.05) is 46.3 Å². The number of rotatable bonds is 9. The van der Waals surface area contributed by atoms with Crippen LogP contribution in [0.25, 0.3) is 27.8 Å². The largest absolute Gasteiger partial charge is 0.405 e. The first-order valence-electron chi connectivity index (χ1n) is 15.2. The van der Waals surface area contributed by atoms with Crippen LogP contribution in [0.15, 0.2) is 103 Å². The van der Waals surface area contributed by atoms with Crippen LogP contribution >= 0.6 is 0 Å². The molecule has 0 radical (unpaired) electrons. The van der Waals surface area contributed by atoms with Crippen LogP contribution in [0.3, 0.4) is 0 Å². The Labute approximate surface area is 269 Å². The van der Waals surface area contributed by atoms with E-state index in [4.69, 9.17) is 4.74 Å². The van der Waals surface area contributed by atoms with Crippen molar-refractivity contribution in [1.29, 1.82) is 0 Å². The van der Waals surface area contributed by atoms with Gasteiger partial charge in [-0.25, -0.2) is 9.78 Å². The summed E-state index contributed by atoms with van der Waals surface area (Å²) in [6.45, 7) is 3.09. The number of carbonyl (C=O) groups is 2. The quantitative estimate of drug-likeness (QED) is 0.201. The number of anilines is 2. The summed E-state index contributed by atoms with van der Waals surface area (Å²) in [7, 11) is 0. The summed E-state index contributed by atoms with van der Waals surface area (Å²) >= 11 is 0. The van der Waals surface area contributed by atoms with Crippen LogP contribution in [0.1, 0.15) is 10.4 Å². The third-order valence-electron chi connectivity index (χ3n) is 7.87. The van der Waals surface area contributed by atoms with Crippen molar-refractivity contribution in [2.45, 2.75) is 6.18 Å². The highest BCUT2D eigenvalue weighted by molar-refractivity contribution is 6.00. The normalized spacial score (nSPS) is 13.8. The van der Waals surface area contributed by atoms with Gasteiger partial charge in [0.05, 0.1) is 35.6 Å². The second kappa shape index (κ2) is 14.1. The molecular weight excluding hydrogens is 609 g/mol. The number of morpholine rings is 1. The lowest BCUT2D eigenvalue weighted by atomic mass is 10.0. The van der Waals surface area contributed by atoms with Gasteiger partial charge in [-0.1, -0.05) is 42.5 Å². The number of amides is 3. The molecule has 1 aromatic heterocycles. The van der Waals surface area contributed by atoms with E-state index in [1.165, 1.54) is 4.90 Å². The first-order valence-corrected chi connectivity index (χ1v) is 15.2. The van der Waals surface area contributed by atoms with Crippen LogP contribution in [-0.2, 0) is 4.74 Å². The van der Waals surface area contributed by atoms with E-state index in [1.54, 1.807) is 67.0 Å². The number of urea groups is 1. The summed E-state index contributed by atoms with van der Waals surface area (Å²) in [6, 6.07) is 27.8. The van der Waals surface area contributed by atoms with Crippen molar-refractivity contribution < 1.29 is 27.5 Å². The van der Waals surface area contributed by atoms with Gasteiger partial charge in [-0.15, -0.1) is 0 Å². The Bertz CT molecular complexity index is 1840. The molecule has 3 amide bonds. The number of benzene rings is 4. The monoisotopic (exact) mass is 642 g/mol. The Kier molecular flexibility index (Phi) is 9.50. The Morgan fingerprint density at radius 3 is 2.30 bits per heavy atom. The van der Waals surface area contributed by atoms with Gasteiger partial charge in [0.15, 0.2) is 0 Å². The molecule has 0 unspecified atom stereocenters. The molecule has 1 fully saturated rings. The van der Waals surface area contributed by atoms with Crippen molar-refractivity contribution in [3.8, 4) is 16.8 Å². The Morgan fingerprint density at radius 2 is 1.55 bits per heavy atom. The van der Waals surface area contributed by atoms with Crippen LogP contribution in [0, 0.1) is 0 Å². The molecule has 2 N–H and O–H groups in total. The fourth-order valence-electron chi connectivity index (χ4n) is 5.46. The van der Waals surface area contributed by atoms with E-state index >= 15 is 0 Å². The molecule has 0 bridgehead atoms. The van der Waals surface area contributed by atoms with Crippen LogP contribution in [-0.4, -0.2) is 78.5 Å². The maximum Gasteiger partial charge on any atom is 0.405 e. The average molecular weight is 643 g/mol. The number of ether oxygens (including phenoxy) is 1. The molecule has 242 valence electrons. The molecule has 0 atom stereocenters. The van der Waals surface area contributed by atoms with Gasteiger partial charge in [0.1, 0.15) is 12.9 Å². The minimum Gasteiger partial charge on any atom is -0.379 e. The summed E-state index contributed by atoms with van der Waals surface area (Å²) in [4.78, 5) is 33.7. The Hall–Kier alpha value is -5.20. The van der Waals surface area contributed by atoms with E-state index in [9.17, 15) is 22.8 Å². The smallest absolute Gasteiger partial charge is 0.379 e. The number of aromatic nitrogens is 2. The highest BCUT2D eigenvalue weighted by atomic mass is 19.4. The van der Waals surface area contributed by atoms with E-state index < -0.39 is 18.8 Å². The summed E-state index contributed by atoms with van der Waals surface area (Å²) in [5.41, 5.74) is 5.43. The van der Waals surface area contributed by atoms with Crippen molar-refractivity contribution in [1.82, 2.24) is 25.1 Å². The van der Waals surface area contributed by atoms with Crippen LogP contribution in [0.4, 0.5) is 29.3 Å². The molecule has 0 spiro atoms. The number of fused-ring (bicyclic) bond motifs is 1. The molecule has 1 saturated heterocycles. The lowest BCUT2D eigenvalue weighted by Crippen LogP contribution is -2.41. The van der Waals surface area contributed by atoms with Gasteiger partial charge in [0, 0.05) is 37.4 Å². The Morgan fingerprint density at radius 1 is 0.830 bits per heavy atom. The number of nitrogens with zero attached hydrogens (tertiary/aromatic N) is 4. The molecule has 4 aromatic carbocycles. The zero-order chi connectivity index (χ0) is 32.8. The molecule has 1 aliphatic heterocycles. The predicted molar refractivity (Wildman–Crippen MR) is 174 cm³/mol. The predicted octanol–water partition coefficient (Wildman–Crippen LogP) is 6.16. The number of alkyl halides is 3. The van der Waals surface area contributed by atoms with Gasteiger partial charge in [-0.05, 0) is 65.7 Å².